The lowest BCUT2D eigenvalue weighted by atomic mass is 9.99. The minimum absolute atomic E-state index is 0.00430. The number of aliphatic carboxylic acids is 1. The minimum Gasteiger partial charge on any atom is -0.480 e. The first kappa shape index (κ1) is 24.0. The van der Waals surface area contributed by atoms with Gasteiger partial charge in [0.15, 0.2) is 0 Å². The van der Waals surface area contributed by atoms with E-state index in [0.717, 1.165) is 0 Å². The summed E-state index contributed by atoms with van der Waals surface area (Å²) in [6.45, 7) is 2.49. The molecule has 3 amide bonds. The Hall–Kier alpha value is -2.99. The fourth-order valence-corrected chi connectivity index (χ4v) is 2.33. The van der Waals surface area contributed by atoms with E-state index >= 15 is 0 Å². The fraction of sp³-hybridized carbons (Fsp3) is 0.588. The molecule has 1 rings (SSSR count). The largest absolute Gasteiger partial charge is 0.480 e. The molecule has 4 unspecified atom stereocenters. The summed E-state index contributed by atoms with van der Waals surface area (Å²) in [4.78, 5) is 54.2. The summed E-state index contributed by atoms with van der Waals surface area (Å²) in [6, 6.07) is -3.44. The van der Waals surface area contributed by atoms with Gasteiger partial charge in [0, 0.05) is 18.3 Å². The van der Waals surface area contributed by atoms with Crippen molar-refractivity contribution in [2.45, 2.75) is 44.8 Å². The Bertz CT molecular complexity index is 695. The summed E-state index contributed by atoms with van der Waals surface area (Å²) >= 11 is 0. The van der Waals surface area contributed by atoms with Gasteiger partial charge in [0.1, 0.15) is 12.1 Å². The number of amides is 3. The first-order valence-corrected chi connectivity index (χ1v) is 9.13. The maximum atomic E-state index is 12.4. The molecule has 12 heteroatoms. The van der Waals surface area contributed by atoms with Gasteiger partial charge in [-0.2, -0.15) is 0 Å². The number of aromatic amines is 1. The lowest BCUT2D eigenvalue weighted by molar-refractivity contribution is -0.143. The van der Waals surface area contributed by atoms with Crippen LogP contribution in [0.4, 0.5) is 0 Å². The van der Waals surface area contributed by atoms with Crippen molar-refractivity contribution >= 4 is 23.7 Å². The smallest absolute Gasteiger partial charge is 0.328 e. The van der Waals surface area contributed by atoms with Crippen molar-refractivity contribution in [2.24, 2.45) is 11.7 Å². The minimum atomic E-state index is -1.52. The van der Waals surface area contributed by atoms with E-state index < -0.39 is 55.0 Å². The third-order valence-electron chi connectivity index (χ3n) is 4.41. The first-order chi connectivity index (χ1) is 13.7. The van der Waals surface area contributed by atoms with Crippen LogP contribution in [0.3, 0.4) is 0 Å². The molecule has 0 spiro atoms. The molecular weight excluding hydrogens is 384 g/mol. The third-order valence-corrected chi connectivity index (χ3v) is 4.41. The molecule has 0 radical (unpaired) electrons. The zero-order valence-electron chi connectivity index (χ0n) is 16.3. The normalized spacial score (nSPS) is 14.9. The van der Waals surface area contributed by atoms with Crippen LogP contribution in [0.2, 0.25) is 0 Å². The average molecular weight is 412 g/mol. The number of rotatable bonds is 12. The van der Waals surface area contributed by atoms with Gasteiger partial charge in [0.2, 0.25) is 17.7 Å². The fourth-order valence-electron chi connectivity index (χ4n) is 2.33. The Labute approximate surface area is 167 Å². The molecule has 0 aliphatic rings. The van der Waals surface area contributed by atoms with E-state index in [1.807, 2.05) is 13.8 Å². The van der Waals surface area contributed by atoms with Gasteiger partial charge in [-0.1, -0.05) is 20.3 Å². The average Bonchev–Trinajstić information content (AvgIpc) is 3.21. The maximum Gasteiger partial charge on any atom is 0.328 e. The van der Waals surface area contributed by atoms with Gasteiger partial charge < -0.3 is 36.9 Å². The molecule has 0 saturated carbocycles. The van der Waals surface area contributed by atoms with E-state index in [1.165, 1.54) is 12.5 Å². The van der Waals surface area contributed by atoms with Gasteiger partial charge in [-0.15, -0.1) is 0 Å². The number of carbonyl (C=O) groups excluding carboxylic acids is 3. The first-order valence-electron chi connectivity index (χ1n) is 9.13. The van der Waals surface area contributed by atoms with Crippen molar-refractivity contribution in [1.29, 1.82) is 0 Å². The highest BCUT2D eigenvalue weighted by atomic mass is 16.4. The van der Waals surface area contributed by atoms with Gasteiger partial charge in [-0.05, 0) is 5.92 Å². The quantitative estimate of drug-likeness (QED) is 0.195. The number of carboxylic acids is 1. The van der Waals surface area contributed by atoms with Crippen LogP contribution in [0.5, 0.6) is 0 Å². The third kappa shape index (κ3) is 7.87. The molecule has 0 aliphatic heterocycles. The molecule has 0 fully saturated rings. The molecule has 4 atom stereocenters. The van der Waals surface area contributed by atoms with E-state index in [0.29, 0.717) is 12.1 Å². The second-order valence-electron chi connectivity index (χ2n) is 6.61. The molecule has 12 nitrogen and oxygen atoms in total. The van der Waals surface area contributed by atoms with Crippen molar-refractivity contribution < 1.29 is 29.4 Å². The number of H-pyrrole nitrogens is 1. The SMILES string of the molecule is CCC(C)C(N)C(=O)NCC(=O)NC(Cc1cnc[nH]1)C(=O)NC(CO)C(=O)O. The number of nitrogens with zero attached hydrogens (tertiary/aromatic N) is 1. The molecule has 1 aromatic heterocycles. The molecule has 1 heterocycles. The van der Waals surface area contributed by atoms with E-state index in [2.05, 4.69) is 25.9 Å². The van der Waals surface area contributed by atoms with Crippen LogP contribution in [0, 0.1) is 5.92 Å². The van der Waals surface area contributed by atoms with Crippen molar-refractivity contribution in [2.75, 3.05) is 13.2 Å². The number of nitrogens with one attached hydrogen (secondary N) is 4. The highest BCUT2D eigenvalue weighted by Gasteiger charge is 2.27. The Balaban J connectivity index is 2.73. The van der Waals surface area contributed by atoms with Gasteiger partial charge in [-0.25, -0.2) is 9.78 Å². The van der Waals surface area contributed by atoms with Crippen LogP contribution in [-0.2, 0) is 25.6 Å². The van der Waals surface area contributed by atoms with Crippen molar-refractivity contribution in [3.05, 3.63) is 18.2 Å². The zero-order chi connectivity index (χ0) is 22.0. The maximum absolute atomic E-state index is 12.4. The number of hydrogen-bond donors (Lipinski definition) is 7. The van der Waals surface area contributed by atoms with Crippen molar-refractivity contribution in [3.8, 4) is 0 Å². The molecule has 0 aliphatic carbocycles. The highest BCUT2D eigenvalue weighted by molar-refractivity contribution is 5.92. The molecular formula is C17H28N6O6. The predicted octanol–water partition coefficient (Wildman–Crippen LogP) is -2.51. The number of hydrogen-bond acceptors (Lipinski definition) is 7. The standard InChI is InChI=1S/C17H28N6O6/c1-3-9(2)14(18)16(27)20-6-13(25)22-11(4-10-5-19-8-21-10)15(26)23-12(7-24)17(28)29/h5,8-9,11-12,14,24H,3-4,6-7,18H2,1-2H3,(H,19,21)(H,20,27)(H,22,25)(H,23,26)(H,28,29). The molecule has 0 aromatic carbocycles. The van der Waals surface area contributed by atoms with Crippen LogP contribution in [0.15, 0.2) is 12.5 Å². The number of aliphatic hydroxyl groups excluding tert-OH is 1. The summed E-state index contributed by atoms with van der Waals surface area (Å²) in [7, 11) is 0. The Kier molecular flexibility index (Phi) is 9.75. The Morgan fingerprint density at radius 2 is 1.90 bits per heavy atom. The summed E-state index contributed by atoms with van der Waals surface area (Å²) in [5.74, 6) is -3.44. The molecule has 162 valence electrons. The molecule has 0 bridgehead atoms. The predicted molar refractivity (Wildman–Crippen MR) is 101 cm³/mol. The zero-order valence-corrected chi connectivity index (χ0v) is 16.3. The van der Waals surface area contributed by atoms with Crippen LogP contribution >= 0.6 is 0 Å². The van der Waals surface area contributed by atoms with Crippen molar-refractivity contribution in [1.82, 2.24) is 25.9 Å². The van der Waals surface area contributed by atoms with Gasteiger partial charge >= 0.3 is 5.97 Å². The summed E-state index contributed by atoms with van der Waals surface area (Å²) < 4.78 is 0. The molecule has 8 N–H and O–H groups in total. The Morgan fingerprint density at radius 3 is 2.41 bits per heavy atom. The number of carboxylic acid groups (broad SMARTS) is 1. The number of aromatic nitrogens is 2. The topological polar surface area (TPSA) is 200 Å². The molecule has 29 heavy (non-hydrogen) atoms. The second kappa shape index (κ2) is 11.8. The number of imidazole rings is 1. The van der Waals surface area contributed by atoms with Crippen LogP contribution < -0.4 is 21.7 Å². The summed E-state index contributed by atoms with van der Waals surface area (Å²) in [5, 5.41) is 25.0. The molecule has 1 aromatic rings. The highest BCUT2D eigenvalue weighted by Crippen LogP contribution is 2.05. The monoisotopic (exact) mass is 412 g/mol. The summed E-state index contributed by atoms with van der Waals surface area (Å²) in [6.07, 6.45) is 3.52. The van der Waals surface area contributed by atoms with E-state index in [9.17, 15) is 19.2 Å². The summed E-state index contributed by atoms with van der Waals surface area (Å²) in [5.41, 5.74) is 6.32. The van der Waals surface area contributed by atoms with E-state index in [-0.39, 0.29) is 12.3 Å². The second-order valence-corrected chi connectivity index (χ2v) is 6.61. The lowest BCUT2D eigenvalue weighted by Crippen LogP contribution is -2.55. The van der Waals surface area contributed by atoms with Gasteiger partial charge in [-0.3, -0.25) is 14.4 Å². The van der Waals surface area contributed by atoms with Crippen LogP contribution in [0.1, 0.15) is 26.0 Å². The Morgan fingerprint density at radius 1 is 1.21 bits per heavy atom. The van der Waals surface area contributed by atoms with Crippen LogP contribution in [-0.4, -0.2) is 75.1 Å². The van der Waals surface area contributed by atoms with E-state index in [4.69, 9.17) is 15.9 Å². The number of aliphatic hydroxyl groups is 1. The van der Waals surface area contributed by atoms with E-state index in [1.54, 1.807) is 0 Å². The van der Waals surface area contributed by atoms with Crippen LogP contribution in [0.25, 0.3) is 0 Å². The number of nitrogens with two attached hydrogens (primary N) is 1. The number of carbonyl (C=O) groups is 4. The van der Waals surface area contributed by atoms with Gasteiger partial charge in [0.05, 0.1) is 25.5 Å². The lowest BCUT2D eigenvalue weighted by Gasteiger charge is -2.21. The van der Waals surface area contributed by atoms with Gasteiger partial charge in [0.25, 0.3) is 0 Å². The molecule has 0 saturated heterocycles. The van der Waals surface area contributed by atoms with Crippen molar-refractivity contribution in [3.63, 3.8) is 0 Å².